The smallest absolute Gasteiger partial charge is 0.136 e. The van der Waals surface area contributed by atoms with E-state index >= 15 is 0 Å². The van der Waals surface area contributed by atoms with E-state index in [2.05, 4.69) is 72.6 Å². The van der Waals surface area contributed by atoms with Crippen LogP contribution < -0.4 is 15.3 Å². The molecule has 3 aromatic heterocycles. The largest absolute Gasteiger partial charge is 0.456 e. The van der Waals surface area contributed by atoms with Crippen molar-refractivity contribution in [3.63, 3.8) is 0 Å². The monoisotopic (exact) mass is 671 g/mol. The third-order valence-corrected chi connectivity index (χ3v) is 13.6. The van der Waals surface area contributed by atoms with Crippen molar-refractivity contribution in [2.75, 3.05) is 4.90 Å². The van der Waals surface area contributed by atoms with Gasteiger partial charge in [0.2, 0.25) is 0 Å². The lowest BCUT2D eigenvalue weighted by atomic mass is 9.90. The SMILES string of the molecule is C[Si]1(C)c2cc(-c3ccccn3)ccc2N(c2ccc3oc4ccccc4c3c2-c2c(C#N)cccc2C#N)c2ccc(-c3ccccn3)cc21. The molecule has 1 aliphatic rings. The molecule has 0 amide bonds. The van der Waals surface area contributed by atoms with Crippen molar-refractivity contribution in [3.8, 4) is 45.8 Å². The predicted molar refractivity (Wildman–Crippen MR) is 206 cm³/mol. The van der Waals surface area contributed by atoms with E-state index in [9.17, 15) is 10.5 Å². The van der Waals surface area contributed by atoms with E-state index in [0.717, 1.165) is 61.5 Å². The summed E-state index contributed by atoms with van der Waals surface area (Å²) in [5.74, 6) is 0. The molecule has 7 heteroatoms. The van der Waals surface area contributed by atoms with Crippen molar-refractivity contribution in [2.24, 2.45) is 0 Å². The van der Waals surface area contributed by atoms with E-state index in [4.69, 9.17) is 14.4 Å². The van der Waals surface area contributed by atoms with Gasteiger partial charge in [-0.2, -0.15) is 10.5 Å². The summed E-state index contributed by atoms with van der Waals surface area (Å²) in [6, 6.07) is 47.5. The second kappa shape index (κ2) is 11.7. The molecule has 9 rings (SSSR count). The molecule has 0 saturated carbocycles. The van der Waals surface area contributed by atoms with Gasteiger partial charge in [0.15, 0.2) is 0 Å². The highest BCUT2D eigenvalue weighted by Crippen LogP contribution is 2.50. The highest BCUT2D eigenvalue weighted by atomic mass is 28.3. The number of benzene rings is 5. The maximum absolute atomic E-state index is 10.5. The summed E-state index contributed by atoms with van der Waals surface area (Å²) in [5, 5.41) is 25.3. The number of hydrogen-bond donors (Lipinski definition) is 0. The minimum atomic E-state index is -2.37. The third kappa shape index (κ3) is 4.68. The van der Waals surface area contributed by atoms with Crippen LogP contribution in [0.4, 0.5) is 17.1 Å². The van der Waals surface area contributed by atoms with Crippen molar-refractivity contribution < 1.29 is 4.42 Å². The first kappa shape index (κ1) is 30.3. The van der Waals surface area contributed by atoms with Gasteiger partial charge >= 0.3 is 0 Å². The Morgan fingerprint density at radius 2 is 1.14 bits per heavy atom. The van der Waals surface area contributed by atoms with Gasteiger partial charge in [-0.25, -0.2) is 0 Å². The van der Waals surface area contributed by atoms with Crippen LogP contribution in [0.1, 0.15) is 11.1 Å². The Morgan fingerprint density at radius 3 is 1.71 bits per heavy atom. The molecule has 0 radical (unpaired) electrons. The number of aromatic nitrogens is 2. The Bertz CT molecular complexity index is 2630. The standard InChI is InChI=1S/C44H29N5OSi/c1-51(2)40-24-28(33-13-5-7-22-47-33)16-18-35(40)49(36-19-17-29(25-41(36)51)34-14-6-8-23-48-34)37-20-21-39-43(32-12-3-4-15-38(32)50-39)44(37)42-30(26-45)10-9-11-31(42)27-46/h3-25H,1-2H3. The van der Waals surface area contributed by atoms with Gasteiger partial charge in [0.05, 0.1) is 40.3 Å². The fraction of sp³-hybridized carbons (Fsp3) is 0.0455. The zero-order chi connectivity index (χ0) is 34.7. The quantitative estimate of drug-likeness (QED) is 0.173. The molecule has 4 heterocycles. The van der Waals surface area contributed by atoms with E-state index in [1.807, 2.05) is 79.1 Å². The molecule has 5 aromatic carbocycles. The van der Waals surface area contributed by atoms with Crippen molar-refractivity contribution in [1.82, 2.24) is 9.97 Å². The van der Waals surface area contributed by atoms with E-state index < -0.39 is 8.07 Å². The summed E-state index contributed by atoms with van der Waals surface area (Å²) in [6.07, 6.45) is 3.66. The lowest BCUT2D eigenvalue weighted by Crippen LogP contribution is -2.58. The van der Waals surface area contributed by atoms with Gasteiger partial charge in [-0.1, -0.05) is 73.8 Å². The van der Waals surface area contributed by atoms with Crippen molar-refractivity contribution in [1.29, 1.82) is 10.5 Å². The molecular weight excluding hydrogens is 643 g/mol. The molecule has 0 N–H and O–H groups in total. The number of pyridine rings is 2. The average molecular weight is 672 g/mol. The third-order valence-electron chi connectivity index (χ3n) is 10.1. The summed E-state index contributed by atoms with van der Waals surface area (Å²) >= 11 is 0. The van der Waals surface area contributed by atoms with Crippen LogP contribution in [0, 0.1) is 22.7 Å². The van der Waals surface area contributed by atoms with E-state index in [-0.39, 0.29) is 0 Å². The Labute approximate surface area is 296 Å². The number of anilines is 3. The number of furan rings is 1. The molecule has 0 spiro atoms. The minimum Gasteiger partial charge on any atom is -0.456 e. The van der Waals surface area contributed by atoms with Crippen LogP contribution in [-0.4, -0.2) is 18.0 Å². The molecule has 0 aliphatic carbocycles. The highest BCUT2D eigenvalue weighted by Gasteiger charge is 2.40. The molecule has 8 aromatic rings. The molecule has 6 nitrogen and oxygen atoms in total. The average Bonchev–Trinajstić information content (AvgIpc) is 3.57. The normalized spacial score (nSPS) is 13.0. The van der Waals surface area contributed by atoms with Crippen LogP contribution >= 0.6 is 0 Å². The topological polar surface area (TPSA) is 89.7 Å². The number of nitriles is 2. The van der Waals surface area contributed by atoms with Crippen molar-refractivity contribution in [2.45, 2.75) is 13.1 Å². The van der Waals surface area contributed by atoms with Gasteiger partial charge < -0.3 is 9.32 Å². The molecular formula is C44H29N5OSi. The van der Waals surface area contributed by atoms with Crippen LogP contribution in [0.15, 0.2) is 144 Å². The molecule has 0 unspecified atom stereocenters. The van der Waals surface area contributed by atoms with Gasteiger partial charge in [-0.05, 0) is 77.1 Å². The molecule has 0 bridgehead atoms. The zero-order valence-electron chi connectivity index (χ0n) is 27.9. The van der Waals surface area contributed by atoms with Crippen molar-refractivity contribution >= 4 is 57.4 Å². The first-order chi connectivity index (χ1) is 25.0. The Balaban J connectivity index is 1.42. The second-order valence-electron chi connectivity index (χ2n) is 13.2. The number of nitrogens with zero attached hydrogens (tertiary/aromatic N) is 5. The zero-order valence-corrected chi connectivity index (χ0v) is 28.9. The van der Waals surface area contributed by atoms with Crippen LogP contribution in [-0.2, 0) is 0 Å². The lowest BCUT2D eigenvalue weighted by Gasteiger charge is -2.42. The summed E-state index contributed by atoms with van der Waals surface area (Å²) in [7, 11) is -2.37. The van der Waals surface area contributed by atoms with Crippen LogP contribution in [0.5, 0.6) is 0 Å². The summed E-state index contributed by atoms with van der Waals surface area (Å²) in [5.41, 5.74) is 10.6. The van der Waals surface area contributed by atoms with Gasteiger partial charge in [0, 0.05) is 56.8 Å². The fourth-order valence-corrected chi connectivity index (χ4v) is 10.6. The Kier molecular flexibility index (Phi) is 6.92. The molecule has 1 aliphatic heterocycles. The first-order valence-electron chi connectivity index (χ1n) is 16.8. The number of rotatable bonds is 4. The summed E-state index contributed by atoms with van der Waals surface area (Å²) in [6.45, 7) is 4.80. The Hall–Kier alpha value is -6.80. The van der Waals surface area contributed by atoms with Crippen LogP contribution in [0.2, 0.25) is 13.1 Å². The first-order valence-corrected chi connectivity index (χ1v) is 19.8. The van der Waals surface area contributed by atoms with Crippen LogP contribution in [0.25, 0.3) is 55.6 Å². The minimum absolute atomic E-state index is 0.427. The molecule has 0 saturated heterocycles. The summed E-state index contributed by atoms with van der Waals surface area (Å²) in [4.78, 5) is 11.7. The van der Waals surface area contributed by atoms with Gasteiger partial charge in [-0.3, -0.25) is 9.97 Å². The predicted octanol–water partition coefficient (Wildman–Crippen LogP) is 9.73. The maximum Gasteiger partial charge on any atom is 0.136 e. The number of para-hydroxylation sites is 1. The Morgan fingerprint density at radius 1 is 0.569 bits per heavy atom. The summed E-state index contributed by atoms with van der Waals surface area (Å²) < 4.78 is 6.41. The van der Waals surface area contributed by atoms with Gasteiger partial charge in [0.25, 0.3) is 0 Å². The second-order valence-corrected chi connectivity index (χ2v) is 17.6. The van der Waals surface area contributed by atoms with E-state index in [1.54, 1.807) is 18.2 Å². The highest BCUT2D eigenvalue weighted by molar-refractivity contribution is 7.02. The van der Waals surface area contributed by atoms with Gasteiger partial charge in [-0.15, -0.1) is 0 Å². The molecule has 0 atom stereocenters. The number of hydrogen-bond acceptors (Lipinski definition) is 6. The molecule has 240 valence electrons. The lowest BCUT2D eigenvalue weighted by molar-refractivity contribution is 0.669. The van der Waals surface area contributed by atoms with Crippen LogP contribution in [0.3, 0.4) is 0 Å². The fourth-order valence-electron chi connectivity index (χ4n) is 7.64. The van der Waals surface area contributed by atoms with E-state index in [0.29, 0.717) is 22.3 Å². The maximum atomic E-state index is 10.5. The van der Waals surface area contributed by atoms with Gasteiger partial charge in [0.1, 0.15) is 19.2 Å². The number of fused-ring (bicyclic) bond motifs is 5. The molecule has 51 heavy (non-hydrogen) atoms. The molecule has 0 fully saturated rings. The van der Waals surface area contributed by atoms with Crippen molar-refractivity contribution in [3.05, 3.63) is 151 Å². The van der Waals surface area contributed by atoms with E-state index in [1.165, 1.54) is 10.4 Å².